The zero-order valence-electron chi connectivity index (χ0n) is 13.9. The van der Waals surface area contributed by atoms with Crippen LogP contribution < -0.4 is 5.32 Å². The third-order valence-corrected chi connectivity index (χ3v) is 5.04. The lowest BCUT2D eigenvalue weighted by atomic mass is 10.2. The minimum atomic E-state index is -0.0529. The number of amides is 2. The molecule has 0 atom stereocenters. The van der Waals surface area contributed by atoms with Crippen LogP contribution in [0.1, 0.15) is 31.4 Å². The van der Waals surface area contributed by atoms with Gasteiger partial charge in [0.1, 0.15) is 5.01 Å². The molecule has 0 radical (unpaired) electrons. The van der Waals surface area contributed by atoms with E-state index >= 15 is 0 Å². The molecule has 0 spiro atoms. The normalized spacial score (nSPS) is 13.8. The van der Waals surface area contributed by atoms with Crippen LogP contribution in [0, 0.1) is 6.92 Å². The van der Waals surface area contributed by atoms with E-state index in [0.29, 0.717) is 12.6 Å². The van der Waals surface area contributed by atoms with Gasteiger partial charge in [0.25, 0.3) is 0 Å². The summed E-state index contributed by atoms with van der Waals surface area (Å²) < 4.78 is 0. The smallest absolute Gasteiger partial charge is 0.322 e. The standard InChI is InChI=1S/C18H23N3O2S/c1-13-12-24-17(19-13)14-5-4-6-15(11-14)20-18(23)21(16-7-8-16)9-2-3-10-22/h4-6,11-12,16,22H,2-3,7-10H2,1H3,(H,20,23). The summed E-state index contributed by atoms with van der Waals surface area (Å²) in [6.07, 6.45) is 3.71. The van der Waals surface area contributed by atoms with Crippen molar-refractivity contribution in [2.75, 3.05) is 18.5 Å². The highest BCUT2D eigenvalue weighted by atomic mass is 32.1. The lowest BCUT2D eigenvalue weighted by Gasteiger charge is -2.23. The first-order chi connectivity index (χ1) is 11.7. The van der Waals surface area contributed by atoms with E-state index in [4.69, 9.17) is 5.11 Å². The molecule has 3 rings (SSSR count). The van der Waals surface area contributed by atoms with E-state index in [0.717, 1.165) is 47.6 Å². The molecule has 24 heavy (non-hydrogen) atoms. The van der Waals surface area contributed by atoms with Gasteiger partial charge in [-0.1, -0.05) is 12.1 Å². The molecule has 1 fully saturated rings. The highest BCUT2D eigenvalue weighted by Crippen LogP contribution is 2.29. The van der Waals surface area contributed by atoms with E-state index in [1.165, 1.54) is 0 Å². The van der Waals surface area contributed by atoms with Crippen molar-refractivity contribution in [3.8, 4) is 10.6 Å². The number of aromatic nitrogens is 1. The molecule has 5 nitrogen and oxygen atoms in total. The van der Waals surface area contributed by atoms with Crippen molar-refractivity contribution in [3.63, 3.8) is 0 Å². The van der Waals surface area contributed by atoms with Gasteiger partial charge in [-0.2, -0.15) is 0 Å². The molecule has 0 aliphatic heterocycles. The Kier molecular flexibility index (Phi) is 5.48. The third-order valence-electron chi connectivity index (χ3n) is 4.04. The monoisotopic (exact) mass is 345 g/mol. The molecule has 2 amide bonds. The zero-order chi connectivity index (χ0) is 16.9. The number of hydrogen-bond acceptors (Lipinski definition) is 4. The molecule has 1 aliphatic rings. The maximum absolute atomic E-state index is 12.6. The predicted molar refractivity (Wildman–Crippen MR) is 97.4 cm³/mol. The molecule has 1 aromatic carbocycles. The topological polar surface area (TPSA) is 65.5 Å². The van der Waals surface area contributed by atoms with Crippen LogP contribution >= 0.6 is 11.3 Å². The average molecular weight is 345 g/mol. The quantitative estimate of drug-likeness (QED) is 0.748. The van der Waals surface area contributed by atoms with Crippen molar-refractivity contribution in [1.29, 1.82) is 0 Å². The van der Waals surface area contributed by atoms with E-state index in [2.05, 4.69) is 10.3 Å². The number of aliphatic hydroxyl groups excluding tert-OH is 1. The molecule has 1 aliphatic carbocycles. The second-order valence-electron chi connectivity index (χ2n) is 6.16. The number of rotatable bonds is 7. The van der Waals surface area contributed by atoms with Gasteiger partial charge in [0, 0.05) is 41.5 Å². The van der Waals surface area contributed by atoms with Gasteiger partial charge in [-0.3, -0.25) is 0 Å². The fraction of sp³-hybridized carbons (Fsp3) is 0.444. The lowest BCUT2D eigenvalue weighted by Crippen LogP contribution is -2.37. The van der Waals surface area contributed by atoms with E-state index in [-0.39, 0.29) is 12.6 Å². The number of thiazole rings is 1. The minimum absolute atomic E-state index is 0.0529. The summed E-state index contributed by atoms with van der Waals surface area (Å²) in [5, 5.41) is 14.9. The summed E-state index contributed by atoms with van der Waals surface area (Å²) in [5.41, 5.74) is 2.82. The predicted octanol–water partition coefficient (Wildman–Crippen LogP) is 3.89. The number of urea groups is 1. The molecule has 128 valence electrons. The largest absolute Gasteiger partial charge is 0.396 e. The van der Waals surface area contributed by atoms with Crippen molar-refractivity contribution in [1.82, 2.24) is 9.88 Å². The van der Waals surface area contributed by atoms with Gasteiger partial charge >= 0.3 is 6.03 Å². The Morgan fingerprint density at radius 1 is 1.42 bits per heavy atom. The van der Waals surface area contributed by atoms with Crippen LogP contribution in [-0.2, 0) is 0 Å². The first-order valence-corrected chi connectivity index (χ1v) is 9.26. The SMILES string of the molecule is Cc1csc(-c2cccc(NC(=O)N(CCCCO)C3CC3)c2)n1. The van der Waals surface area contributed by atoms with E-state index in [1.807, 2.05) is 41.5 Å². The maximum atomic E-state index is 12.6. The number of benzene rings is 1. The van der Waals surface area contributed by atoms with Crippen LogP contribution in [0.25, 0.3) is 10.6 Å². The maximum Gasteiger partial charge on any atom is 0.322 e. The number of hydrogen-bond donors (Lipinski definition) is 2. The van der Waals surface area contributed by atoms with Crippen LogP contribution in [0.4, 0.5) is 10.5 Å². The number of carbonyl (C=O) groups excluding carboxylic acids is 1. The molecule has 2 N–H and O–H groups in total. The van der Waals surface area contributed by atoms with Gasteiger partial charge in [0.15, 0.2) is 0 Å². The Hall–Kier alpha value is -1.92. The van der Waals surface area contributed by atoms with Gasteiger partial charge in [0.2, 0.25) is 0 Å². The third kappa shape index (κ3) is 4.33. The summed E-state index contributed by atoms with van der Waals surface area (Å²) in [7, 11) is 0. The Morgan fingerprint density at radius 2 is 2.25 bits per heavy atom. The summed E-state index contributed by atoms with van der Waals surface area (Å²) >= 11 is 1.61. The summed E-state index contributed by atoms with van der Waals surface area (Å²) in [6.45, 7) is 2.85. The Labute approximate surface area is 146 Å². The van der Waals surface area contributed by atoms with Crippen molar-refractivity contribution in [3.05, 3.63) is 35.3 Å². The summed E-state index contributed by atoms with van der Waals surface area (Å²) in [4.78, 5) is 19.0. The van der Waals surface area contributed by atoms with E-state index in [9.17, 15) is 4.79 Å². The number of carbonyl (C=O) groups is 1. The van der Waals surface area contributed by atoms with Gasteiger partial charge in [-0.15, -0.1) is 11.3 Å². The first kappa shape index (κ1) is 16.9. The molecular formula is C18H23N3O2S. The minimum Gasteiger partial charge on any atom is -0.396 e. The number of anilines is 1. The highest BCUT2D eigenvalue weighted by molar-refractivity contribution is 7.13. The molecule has 2 aromatic rings. The van der Waals surface area contributed by atoms with Crippen LogP contribution in [0.2, 0.25) is 0 Å². The van der Waals surface area contributed by atoms with Crippen LogP contribution in [0.3, 0.4) is 0 Å². The van der Waals surface area contributed by atoms with Gasteiger partial charge < -0.3 is 15.3 Å². The lowest BCUT2D eigenvalue weighted by molar-refractivity contribution is 0.204. The van der Waals surface area contributed by atoms with Crippen molar-refractivity contribution < 1.29 is 9.90 Å². The van der Waals surface area contributed by atoms with Crippen LogP contribution in [0.5, 0.6) is 0 Å². The molecule has 0 unspecified atom stereocenters. The summed E-state index contributed by atoms with van der Waals surface area (Å²) in [6, 6.07) is 8.12. The second kappa shape index (κ2) is 7.77. The van der Waals surface area contributed by atoms with Crippen LogP contribution in [-0.4, -0.2) is 40.2 Å². The molecule has 1 aromatic heterocycles. The average Bonchev–Trinajstić information content (AvgIpc) is 3.32. The number of nitrogens with one attached hydrogen (secondary N) is 1. The molecule has 1 heterocycles. The Balaban J connectivity index is 1.67. The van der Waals surface area contributed by atoms with E-state index in [1.54, 1.807) is 11.3 Å². The number of aliphatic hydroxyl groups is 1. The van der Waals surface area contributed by atoms with Crippen molar-refractivity contribution in [2.24, 2.45) is 0 Å². The number of unbranched alkanes of at least 4 members (excludes halogenated alkanes) is 1. The van der Waals surface area contributed by atoms with E-state index < -0.39 is 0 Å². The molecule has 0 bridgehead atoms. The second-order valence-corrected chi connectivity index (χ2v) is 7.02. The first-order valence-electron chi connectivity index (χ1n) is 8.38. The Morgan fingerprint density at radius 3 is 2.92 bits per heavy atom. The summed E-state index contributed by atoms with van der Waals surface area (Å²) in [5.74, 6) is 0. The molecule has 0 saturated heterocycles. The Bertz CT molecular complexity index is 697. The fourth-order valence-electron chi connectivity index (χ4n) is 2.64. The number of aryl methyl sites for hydroxylation is 1. The molecule has 1 saturated carbocycles. The fourth-order valence-corrected chi connectivity index (χ4v) is 3.44. The van der Waals surface area contributed by atoms with Crippen molar-refractivity contribution >= 4 is 23.1 Å². The molecule has 6 heteroatoms. The molecular weight excluding hydrogens is 322 g/mol. The van der Waals surface area contributed by atoms with Crippen molar-refractivity contribution in [2.45, 2.75) is 38.6 Å². The van der Waals surface area contributed by atoms with Gasteiger partial charge in [-0.05, 0) is 44.7 Å². The van der Waals surface area contributed by atoms with Crippen LogP contribution in [0.15, 0.2) is 29.6 Å². The van der Waals surface area contributed by atoms with Gasteiger partial charge in [-0.25, -0.2) is 9.78 Å². The van der Waals surface area contributed by atoms with Gasteiger partial charge in [0.05, 0.1) is 0 Å². The highest BCUT2D eigenvalue weighted by Gasteiger charge is 2.32. The number of nitrogens with zero attached hydrogens (tertiary/aromatic N) is 2. The zero-order valence-corrected chi connectivity index (χ0v) is 14.7.